The molecule has 8 heavy (non-hydrogen) atoms. The maximum absolute atomic E-state index is 5.05. The van der Waals surface area contributed by atoms with Crippen LogP contribution in [0.4, 0.5) is 0 Å². The van der Waals surface area contributed by atoms with Gasteiger partial charge in [-0.05, 0) is 6.92 Å². The molecular weight excluding hydrogens is 100 g/mol. The van der Waals surface area contributed by atoms with Gasteiger partial charge in [-0.3, -0.25) is 5.41 Å². The van der Waals surface area contributed by atoms with Gasteiger partial charge in [0.25, 0.3) is 6.34 Å². The van der Waals surface area contributed by atoms with Crippen molar-refractivity contribution in [1.29, 1.82) is 0 Å². The Hall–Kier alpha value is -0.660. The smallest absolute Gasteiger partial charge is 0.277 e. The van der Waals surface area contributed by atoms with Crippen LogP contribution in [0.2, 0.25) is 0 Å². The lowest BCUT2D eigenvalue weighted by Gasteiger charge is -1.92. The van der Waals surface area contributed by atoms with Crippen LogP contribution in [0.25, 0.3) is 0 Å². The van der Waals surface area contributed by atoms with E-state index < -0.39 is 0 Å². The number of rotatable bonds is 2. The van der Waals surface area contributed by atoms with Crippen molar-refractivity contribution in [2.45, 2.75) is 20.8 Å². The van der Waals surface area contributed by atoms with Crippen molar-refractivity contribution in [3.63, 3.8) is 0 Å². The monoisotopic (exact) mass is 113 g/mol. The lowest BCUT2D eigenvalue weighted by Crippen LogP contribution is -2.29. The standard InChI is InChI=1S/C6H12N2/c1-5(2)6(3)8-4-7/h4-5,7H,1-3H3/p+1. The van der Waals surface area contributed by atoms with Crippen molar-refractivity contribution in [2.75, 3.05) is 0 Å². The lowest BCUT2D eigenvalue weighted by atomic mass is 10.1. The highest BCUT2D eigenvalue weighted by molar-refractivity contribution is 5.88. The Balaban J connectivity index is 3.78. The van der Waals surface area contributed by atoms with E-state index in [0.717, 1.165) is 5.71 Å². The van der Waals surface area contributed by atoms with Crippen molar-refractivity contribution in [3.05, 3.63) is 0 Å². The van der Waals surface area contributed by atoms with Gasteiger partial charge in [0.15, 0.2) is 0 Å². The third-order valence-corrected chi connectivity index (χ3v) is 1.11. The van der Waals surface area contributed by atoms with Gasteiger partial charge < -0.3 is 0 Å². The van der Waals surface area contributed by atoms with Crippen molar-refractivity contribution < 1.29 is 5.41 Å². The Kier molecular flexibility index (Phi) is 3.08. The average Bonchev–Trinajstić information content (AvgIpc) is 1.67. The van der Waals surface area contributed by atoms with Crippen molar-refractivity contribution in [3.8, 4) is 0 Å². The SMILES string of the molecule is CC(=NC=[NH2+])C(C)C. The molecule has 0 aromatic heterocycles. The second kappa shape index (κ2) is 3.36. The third-order valence-electron chi connectivity index (χ3n) is 1.11. The van der Waals surface area contributed by atoms with E-state index in [9.17, 15) is 0 Å². The van der Waals surface area contributed by atoms with Crippen molar-refractivity contribution in [1.82, 2.24) is 0 Å². The van der Waals surface area contributed by atoms with Crippen LogP contribution < -0.4 is 5.41 Å². The molecule has 0 aliphatic rings. The zero-order valence-electron chi connectivity index (χ0n) is 5.68. The molecule has 0 amide bonds. The molecule has 2 heteroatoms. The average molecular weight is 113 g/mol. The first kappa shape index (κ1) is 7.34. The van der Waals surface area contributed by atoms with Gasteiger partial charge in [0.1, 0.15) is 5.71 Å². The summed E-state index contributed by atoms with van der Waals surface area (Å²) in [6.07, 6.45) is 1.33. The van der Waals surface area contributed by atoms with E-state index in [4.69, 9.17) is 5.41 Å². The summed E-state index contributed by atoms with van der Waals surface area (Å²) in [5.74, 6) is 0.509. The molecular formula is C6H13N2+. The Morgan fingerprint density at radius 1 is 1.62 bits per heavy atom. The van der Waals surface area contributed by atoms with Gasteiger partial charge in [-0.15, -0.1) is 0 Å². The van der Waals surface area contributed by atoms with Gasteiger partial charge in [-0.1, -0.05) is 18.8 Å². The van der Waals surface area contributed by atoms with E-state index in [-0.39, 0.29) is 0 Å². The van der Waals surface area contributed by atoms with Crippen LogP contribution in [0.15, 0.2) is 4.99 Å². The molecule has 0 spiro atoms. The van der Waals surface area contributed by atoms with Crippen LogP contribution in [0.5, 0.6) is 0 Å². The topological polar surface area (TPSA) is 38.0 Å². The Labute approximate surface area is 50.1 Å². The molecule has 46 valence electrons. The van der Waals surface area contributed by atoms with E-state index in [1.807, 2.05) is 6.92 Å². The largest absolute Gasteiger partial charge is 0.290 e. The molecule has 0 rings (SSSR count). The zero-order valence-corrected chi connectivity index (χ0v) is 5.68. The minimum atomic E-state index is 0.509. The normalized spacial score (nSPS) is 12.2. The highest BCUT2D eigenvalue weighted by atomic mass is 14.8. The molecule has 2 N–H and O–H groups in total. The van der Waals surface area contributed by atoms with E-state index in [0.29, 0.717) is 5.92 Å². The second-order valence-electron chi connectivity index (χ2n) is 2.07. The molecule has 0 radical (unpaired) electrons. The molecule has 0 saturated carbocycles. The molecule has 0 aromatic carbocycles. The lowest BCUT2D eigenvalue weighted by molar-refractivity contribution is -0.106. The summed E-state index contributed by atoms with van der Waals surface area (Å²) < 4.78 is 0. The summed E-state index contributed by atoms with van der Waals surface area (Å²) in [6.45, 7) is 6.14. The molecule has 2 nitrogen and oxygen atoms in total. The first-order valence-corrected chi connectivity index (χ1v) is 2.76. The summed E-state index contributed by atoms with van der Waals surface area (Å²) in [5.41, 5.74) is 1.08. The zero-order chi connectivity index (χ0) is 6.57. The summed E-state index contributed by atoms with van der Waals surface area (Å²) in [5, 5.41) is 5.05. The Bertz CT molecular complexity index is 103. The van der Waals surface area contributed by atoms with E-state index in [1.54, 1.807) is 0 Å². The Morgan fingerprint density at radius 2 is 2.12 bits per heavy atom. The van der Waals surface area contributed by atoms with Gasteiger partial charge >= 0.3 is 0 Å². The molecule has 0 aliphatic carbocycles. The van der Waals surface area contributed by atoms with E-state index >= 15 is 0 Å². The van der Waals surface area contributed by atoms with Crippen molar-refractivity contribution >= 4 is 12.1 Å². The Morgan fingerprint density at radius 3 is 2.25 bits per heavy atom. The van der Waals surface area contributed by atoms with Crippen LogP contribution in [-0.2, 0) is 0 Å². The summed E-state index contributed by atoms with van der Waals surface area (Å²) >= 11 is 0. The number of nitrogens with two attached hydrogens (primary N) is 1. The summed E-state index contributed by atoms with van der Waals surface area (Å²) in [4.78, 5) is 3.89. The van der Waals surface area contributed by atoms with Crippen LogP contribution in [0, 0.1) is 5.92 Å². The minimum Gasteiger partial charge on any atom is -0.290 e. The van der Waals surface area contributed by atoms with Crippen LogP contribution >= 0.6 is 0 Å². The molecule has 0 aromatic rings. The highest BCUT2D eigenvalue weighted by Crippen LogP contribution is 1.93. The maximum Gasteiger partial charge on any atom is 0.277 e. The minimum absolute atomic E-state index is 0.509. The number of aliphatic imine (C=N–C) groups is 1. The fourth-order valence-electron chi connectivity index (χ4n) is 0.267. The molecule has 0 saturated heterocycles. The fourth-order valence-corrected chi connectivity index (χ4v) is 0.267. The molecule has 0 aliphatic heterocycles. The molecule has 0 heterocycles. The van der Waals surface area contributed by atoms with Gasteiger partial charge in [0.05, 0.1) is 0 Å². The number of hydrogen-bond donors (Lipinski definition) is 1. The second-order valence-corrected chi connectivity index (χ2v) is 2.07. The van der Waals surface area contributed by atoms with Crippen LogP contribution in [-0.4, -0.2) is 12.1 Å². The predicted octanol–water partition coefficient (Wildman–Crippen LogP) is -0.109. The number of nitrogens with zero attached hydrogens (tertiary/aromatic N) is 1. The quantitative estimate of drug-likeness (QED) is 0.383. The first-order chi connectivity index (χ1) is 3.68. The van der Waals surface area contributed by atoms with Gasteiger partial charge in [0.2, 0.25) is 0 Å². The highest BCUT2D eigenvalue weighted by Gasteiger charge is 2.00. The first-order valence-electron chi connectivity index (χ1n) is 2.76. The fraction of sp³-hybridized carbons (Fsp3) is 0.667. The predicted molar refractivity (Wildman–Crippen MR) is 35.9 cm³/mol. The summed E-state index contributed by atoms with van der Waals surface area (Å²) in [6, 6.07) is 0. The maximum atomic E-state index is 5.05. The molecule has 0 atom stereocenters. The van der Waals surface area contributed by atoms with Gasteiger partial charge in [0, 0.05) is 5.92 Å². The van der Waals surface area contributed by atoms with Crippen LogP contribution in [0.3, 0.4) is 0 Å². The van der Waals surface area contributed by atoms with E-state index in [1.165, 1.54) is 6.34 Å². The van der Waals surface area contributed by atoms with Gasteiger partial charge in [-0.25, -0.2) is 0 Å². The van der Waals surface area contributed by atoms with Crippen molar-refractivity contribution in [2.24, 2.45) is 10.9 Å². The number of hydrogen-bond acceptors (Lipinski definition) is 0. The van der Waals surface area contributed by atoms with Gasteiger partial charge in [-0.2, -0.15) is 0 Å². The third kappa shape index (κ3) is 2.50. The van der Waals surface area contributed by atoms with E-state index in [2.05, 4.69) is 18.8 Å². The molecule has 0 bridgehead atoms. The summed E-state index contributed by atoms with van der Waals surface area (Å²) in [7, 11) is 0. The molecule has 0 fully saturated rings. The van der Waals surface area contributed by atoms with Crippen LogP contribution in [0.1, 0.15) is 20.8 Å². The molecule has 0 unspecified atom stereocenters.